The van der Waals surface area contributed by atoms with E-state index in [1.54, 1.807) is 25.1 Å². The number of phenolic OH excluding ortho intramolecular Hbond substituents is 2. The average molecular weight is 406 g/mol. The van der Waals surface area contributed by atoms with Crippen LogP contribution in [0.4, 0.5) is 0 Å². The molecule has 29 heavy (non-hydrogen) atoms. The van der Waals surface area contributed by atoms with Crippen molar-refractivity contribution < 1.29 is 54.8 Å². The number of aryl methyl sites for hydroxylation is 1. The monoisotopic (exact) mass is 406 g/mol. The molecule has 1 aliphatic rings. The largest absolute Gasteiger partial charge is 1.00 e. The van der Waals surface area contributed by atoms with Gasteiger partial charge in [-0.05, 0) is 72.4 Å². The Morgan fingerprint density at radius 3 is 2.24 bits per heavy atom. The molecule has 2 aromatic rings. The number of hydrogen-bond donors (Lipinski definition) is 3. The van der Waals surface area contributed by atoms with Crippen LogP contribution >= 0.6 is 0 Å². The van der Waals surface area contributed by atoms with Crippen LogP contribution in [0.15, 0.2) is 42.5 Å². The summed E-state index contributed by atoms with van der Waals surface area (Å²) in [6, 6.07) is 11.8. The number of aliphatic hydroxyl groups is 1. The van der Waals surface area contributed by atoms with E-state index in [0.717, 1.165) is 30.4 Å². The molecule has 0 radical (unpaired) electrons. The predicted molar refractivity (Wildman–Crippen MR) is 104 cm³/mol. The first-order chi connectivity index (χ1) is 13.4. The van der Waals surface area contributed by atoms with Crippen LogP contribution in [0.5, 0.6) is 11.5 Å². The Labute approximate surface area is 193 Å². The molecule has 1 aliphatic carbocycles. The van der Waals surface area contributed by atoms with Crippen molar-refractivity contribution in [1.29, 1.82) is 0 Å². The van der Waals surface area contributed by atoms with Gasteiger partial charge in [0.15, 0.2) is 0 Å². The third-order valence-electron chi connectivity index (χ3n) is 6.03. The van der Waals surface area contributed by atoms with E-state index in [2.05, 4.69) is 0 Å². The summed E-state index contributed by atoms with van der Waals surface area (Å²) < 4.78 is 0. The molecule has 6 heteroatoms. The van der Waals surface area contributed by atoms with E-state index in [1.165, 1.54) is 12.1 Å². The molecule has 0 aliphatic heterocycles. The minimum Gasteiger partial charge on any atom is -0.550 e. The zero-order valence-corrected chi connectivity index (χ0v) is 19.0. The van der Waals surface area contributed by atoms with Crippen LogP contribution < -0.4 is 34.7 Å². The molecule has 3 unspecified atom stereocenters. The average Bonchev–Trinajstić information content (AvgIpc) is 2.63. The molecule has 0 heterocycles. The number of aromatic hydroxyl groups is 2. The summed E-state index contributed by atoms with van der Waals surface area (Å²) in [5.41, 5.74) is 2.26. The molecule has 3 atom stereocenters. The van der Waals surface area contributed by atoms with Crippen LogP contribution in [-0.4, -0.2) is 21.3 Å². The second-order valence-corrected chi connectivity index (χ2v) is 7.86. The molecular weight excluding hydrogens is 379 g/mol. The number of carboxylic acids is 1. The third kappa shape index (κ3) is 5.76. The fraction of sp³-hybridized carbons (Fsp3) is 0.435. The molecule has 0 bridgehead atoms. The fourth-order valence-electron chi connectivity index (χ4n) is 4.07. The number of carbonyl (C=O) groups is 1. The SMILES string of the molecule is CC(C(=O)[O-])C(c1ccc(CCC(O)c2ccc(O)cc2)c(O)c1)C1CCC1.[Na+]. The number of phenols is 2. The smallest absolute Gasteiger partial charge is 0.550 e. The molecule has 0 saturated heterocycles. The number of benzene rings is 2. The van der Waals surface area contributed by atoms with Gasteiger partial charge in [0.05, 0.1) is 6.10 Å². The summed E-state index contributed by atoms with van der Waals surface area (Å²) in [6.07, 6.45) is 3.34. The van der Waals surface area contributed by atoms with Crippen molar-refractivity contribution in [3.05, 3.63) is 59.2 Å². The van der Waals surface area contributed by atoms with Gasteiger partial charge in [0.2, 0.25) is 0 Å². The maximum atomic E-state index is 11.4. The van der Waals surface area contributed by atoms with Gasteiger partial charge < -0.3 is 25.2 Å². The Balaban J connectivity index is 0.00000300. The van der Waals surface area contributed by atoms with Crippen molar-refractivity contribution in [1.82, 2.24) is 0 Å². The standard InChI is InChI=1S/C23H28O5.Na/c1-14(23(27)28)22(17-3-2-4-17)18-6-5-16(21(26)13-18)9-12-20(25)15-7-10-19(24)11-8-15;/h5-8,10-11,13-14,17,20,22,24-26H,2-4,9,12H2,1H3,(H,27,28);/q;+1/p-1. The van der Waals surface area contributed by atoms with Crippen molar-refractivity contribution >= 4 is 5.97 Å². The minimum absolute atomic E-state index is 0. The van der Waals surface area contributed by atoms with E-state index < -0.39 is 18.0 Å². The molecule has 0 aromatic heterocycles. The first-order valence-corrected chi connectivity index (χ1v) is 9.86. The van der Waals surface area contributed by atoms with Gasteiger partial charge in [0.25, 0.3) is 0 Å². The van der Waals surface area contributed by atoms with Crippen molar-refractivity contribution in [2.24, 2.45) is 11.8 Å². The second kappa shape index (κ2) is 10.5. The van der Waals surface area contributed by atoms with Crippen LogP contribution in [0.3, 0.4) is 0 Å². The van der Waals surface area contributed by atoms with E-state index in [1.807, 2.05) is 12.1 Å². The molecule has 3 rings (SSSR count). The van der Waals surface area contributed by atoms with E-state index >= 15 is 0 Å². The Morgan fingerprint density at radius 1 is 1.10 bits per heavy atom. The van der Waals surface area contributed by atoms with Crippen molar-refractivity contribution in [3.8, 4) is 11.5 Å². The van der Waals surface area contributed by atoms with E-state index in [4.69, 9.17) is 0 Å². The van der Waals surface area contributed by atoms with Crippen molar-refractivity contribution in [3.63, 3.8) is 0 Å². The quantitative estimate of drug-likeness (QED) is 0.538. The molecule has 0 spiro atoms. The Hall–Kier alpha value is -1.53. The van der Waals surface area contributed by atoms with Gasteiger partial charge in [-0.25, -0.2) is 0 Å². The topological polar surface area (TPSA) is 101 Å². The normalized spacial score (nSPS) is 16.9. The second-order valence-electron chi connectivity index (χ2n) is 7.86. The summed E-state index contributed by atoms with van der Waals surface area (Å²) in [6.45, 7) is 1.68. The van der Waals surface area contributed by atoms with Crippen molar-refractivity contribution in [2.75, 3.05) is 0 Å². The number of aliphatic carboxylic acids is 1. The zero-order chi connectivity index (χ0) is 20.3. The Kier molecular flexibility index (Phi) is 8.58. The first kappa shape index (κ1) is 23.7. The van der Waals surface area contributed by atoms with Crippen LogP contribution in [0.25, 0.3) is 0 Å². The van der Waals surface area contributed by atoms with Crippen LogP contribution in [0, 0.1) is 11.8 Å². The molecule has 3 N–H and O–H groups in total. The summed E-state index contributed by atoms with van der Waals surface area (Å²) >= 11 is 0. The van der Waals surface area contributed by atoms with Crippen LogP contribution in [0.2, 0.25) is 0 Å². The van der Waals surface area contributed by atoms with Gasteiger partial charge in [-0.15, -0.1) is 0 Å². The third-order valence-corrected chi connectivity index (χ3v) is 6.03. The molecule has 2 aromatic carbocycles. The summed E-state index contributed by atoms with van der Waals surface area (Å²) in [4.78, 5) is 11.4. The van der Waals surface area contributed by atoms with Crippen LogP contribution in [-0.2, 0) is 11.2 Å². The summed E-state index contributed by atoms with van der Waals surface area (Å²) in [5.74, 6) is -1.22. The molecular formula is C23H27NaO5. The van der Waals surface area contributed by atoms with E-state index in [-0.39, 0.29) is 47.0 Å². The number of aliphatic hydroxyl groups excluding tert-OH is 1. The number of hydrogen-bond acceptors (Lipinski definition) is 5. The van der Waals surface area contributed by atoms with E-state index in [0.29, 0.717) is 24.3 Å². The number of carboxylic acid groups (broad SMARTS) is 1. The zero-order valence-electron chi connectivity index (χ0n) is 17.0. The van der Waals surface area contributed by atoms with Crippen molar-refractivity contribution in [2.45, 2.75) is 51.0 Å². The maximum Gasteiger partial charge on any atom is 1.00 e. The number of carbonyl (C=O) groups excluding carboxylic acids is 1. The van der Waals surface area contributed by atoms with Gasteiger partial charge in [0.1, 0.15) is 11.5 Å². The molecule has 1 fully saturated rings. The Morgan fingerprint density at radius 2 is 1.72 bits per heavy atom. The van der Waals surface area contributed by atoms with Gasteiger partial charge in [-0.2, -0.15) is 0 Å². The first-order valence-electron chi connectivity index (χ1n) is 9.86. The van der Waals surface area contributed by atoms with Gasteiger partial charge in [-0.3, -0.25) is 0 Å². The summed E-state index contributed by atoms with van der Waals surface area (Å²) in [5, 5.41) is 41.6. The predicted octanol–water partition coefficient (Wildman–Crippen LogP) is 0.0377. The fourth-order valence-corrected chi connectivity index (χ4v) is 4.07. The van der Waals surface area contributed by atoms with E-state index in [9.17, 15) is 25.2 Å². The number of rotatable bonds is 8. The molecule has 1 saturated carbocycles. The molecule has 0 amide bonds. The Bertz CT molecular complexity index is 817. The minimum atomic E-state index is -1.06. The maximum absolute atomic E-state index is 11.4. The van der Waals surface area contributed by atoms with Gasteiger partial charge >= 0.3 is 29.6 Å². The molecule has 5 nitrogen and oxygen atoms in total. The van der Waals surface area contributed by atoms with Gasteiger partial charge in [0, 0.05) is 11.9 Å². The summed E-state index contributed by atoms with van der Waals surface area (Å²) in [7, 11) is 0. The molecule has 150 valence electrons. The van der Waals surface area contributed by atoms with Gasteiger partial charge in [-0.1, -0.05) is 37.6 Å². The van der Waals surface area contributed by atoms with Crippen LogP contribution in [0.1, 0.15) is 61.3 Å².